The summed E-state index contributed by atoms with van der Waals surface area (Å²) in [4.78, 5) is 0. The Balaban J connectivity index is 2.19. The Labute approximate surface area is 33.4 Å². The molecule has 0 rings (SSSR count). The summed E-state index contributed by atoms with van der Waals surface area (Å²) in [5.41, 5.74) is 0. The van der Waals surface area contributed by atoms with Gasteiger partial charge < -0.3 is 5.32 Å². The molecule has 0 saturated heterocycles. The molecule has 1 nitrogen and oxygen atoms in total. The van der Waals surface area contributed by atoms with Gasteiger partial charge in [-0.05, 0) is 6.42 Å². The third-order valence-electron chi connectivity index (χ3n) is 0.577. The van der Waals surface area contributed by atoms with Crippen molar-refractivity contribution in [2.75, 3.05) is 13.6 Å². The van der Waals surface area contributed by atoms with Crippen molar-refractivity contribution in [2.24, 2.45) is 0 Å². The third-order valence-corrected chi connectivity index (χ3v) is 0.577. The van der Waals surface area contributed by atoms with E-state index in [0.29, 0.717) is 0 Å². The Morgan fingerprint density at radius 1 is 1.60 bits per heavy atom. The third kappa shape index (κ3) is 3.96. The van der Waals surface area contributed by atoms with Crippen LogP contribution in [0.5, 0.6) is 0 Å². The molecule has 0 aliphatic heterocycles. The molecule has 5 heavy (non-hydrogen) atoms. The maximum atomic E-state index is 2.18. The van der Waals surface area contributed by atoms with Gasteiger partial charge in [-0.25, -0.2) is 0 Å². The van der Waals surface area contributed by atoms with Crippen molar-refractivity contribution < 1.29 is 5.32 Å². The SMILES string of the molecule is CCC[NH2+]C. The first-order valence-corrected chi connectivity index (χ1v) is 2.19. The lowest BCUT2D eigenvalue weighted by molar-refractivity contribution is -0.626. The Bertz CT molecular complexity index is 11.1. The first-order chi connectivity index (χ1) is 2.41. The van der Waals surface area contributed by atoms with Gasteiger partial charge in [-0.2, -0.15) is 0 Å². The second-order valence-electron chi connectivity index (χ2n) is 1.20. The van der Waals surface area contributed by atoms with E-state index in [9.17, 15) is 0 Å². The number of hydrogen-bond acceptors (Lipinski definition) is 0. The fraction of sp³-hybridized carbons (Fsp3) is 1.00. The minimum atomic E-state index is 1.26. The highest BCUT2D eigenvalue weighted by atomic mass is 14.8. The summed E-state index contributed by atoms with van der Waals surface area (Å²) in [6.07, 6.45) is 1.29. The first-order valence-electron chi connectivity index (χ1n) is 2.19. The molecule has 0 aliphatic carbocycles. The van der Waals surface area contributed by atoms with Crippen LogP contribution in [0.15, 0.2) is 0 Å². The van der Waals surface area contributed by atoms with Crippen LogP contribution in [0.4, 0.5) is 0 Å². The second kappa shape index (κ2) is 3.96. The minimum absolute atomic E-state index is 1.26. The van der Waals surface area contributed by atoms with Crippen LogP contribution in [-0.2, 0) is 0 Å². The fourth-order valence-corrected chi connectivity index (χ4v) is 0.289. The first kappa shape index (κ1) is 4.96. The summed E-state index contributed by atoms with van der Waals surface area (Å²) in [5, 5.41) is 2.18. The smallest absolute Gasteiger partial charge is 0.0750 e. The molecule has 32 valence electrons. The zero-order valence-corrected chi connectivity index (χ0v) is 3.99. The molecule has 0 unspecified atom stereocenters. The van der Waals surface area contributed by atoms with Gasteiger partial charge in [0.1, 0.15) is 0 Å². The largest absolute Gasteiger partial charge is 0.349 e. The average Bonchev–Trinajstić information content (AvgIpc) is 1.41. The van der Waals surface area contributed by atoms with Gasteiger partial charge in [0.2, 0.25) is 0 Å². The van der Waals surface area contributed by atoms with E-state index < -0.39 is 0 Å². The highest BCUT2D eigenvalue weighted by Crippen LogP contribution is 1.56. The van der Waals surface area contributed by atoms with E-state index >= 15 is 0 Å². The predicted molar refractivity (Wildman–Crippen MR) is 23.0 cm³/mol. The number of nitrogens with two attached hydrogens (primary N) is 1. The molecule has 0 bridgehead atoms. The minimum Gasteiger partial charge on any atom is -0.349 e. The van der Waals surface area contributed by atoms with E-state index in [4.69, 9.17) is 0 Å². The lowest BCUT2D eigenvalue weighted by Gasteiger charge is -1.81. The van der Waals surface area contributed by atoms with Crippen LogP contribution in [0.25, 0.3) is 0 Å². The van der Waals surface area contributed by atoms with Gasteiger partial charge in [0, 0.05) is 0 Å². The molecule has 2 N–H and O–H groups in total. The maximum absolute atomic E-state index is 2.18. The summed E-state index contributed by atoms with van der Waals surface area (Å²) in [5.74, 6) is 0. The van der Waals surface area contributed by atoms with Crippen molar-refractivity contribution in [3.8, 4) is 0 Å². The lowest BCUT2D eigenvalue weighted by Crippen LogP contribution is -2.79. The standard InChI is InChI=1S/C4H11N/c1-3-4-5-2/h5H,3-4H2,1-2H3/p+1. The van der Waals surface area contributed by atoms with E-state index in [-0.39, 0.29) is 0 Å². The van der Waals surface area contributed by atoms with Crippen LogP contribution in [0.2, 0.25) is 0 Å². The molecule has 0 radical (unpaired) electrons. The van der Waals surface area contributed by atoms with Crippen LogP contribution in [0.1, 0.15) is 13.3 Å². The van der Waals surface area contributed by atoms with Gasteiger partial charge in [0.25, 0.3) is 0 Å². The van der Waals surface area contributed by atoms with Crippen molar-refractivity contribution >= 4 is 0 Å². The molecule has 0 aromatic carbocycles. The Morgan fingerprint density at radius 3 is 2.20 bits per heavy atom. The Hall–Kier alpha value is -0.0400. The molecule has 0 aliphatic rings. The second-order valence-corrected chi connectivity index (χ2v) is 1.20. The normalized spacial score (nSPS) is 8.40. The van der Waals surface area contributed by atoms with Gasteiger partial charge in [0.05, 0.1) is 13.6 Å². The highest BCUT2D eigenvalue weighted by Gasteiger charge is 1.68. The monoisotopic (exact) mass is 74.1 g/mol. The molecule has 0 aromatic heterocycles. The quantitative estimate of drug-likeness (QED) is 0.458. The summed E-state index contributed by atoms with van der Waals surface area (Å²) in [6, 6.07) is 0. The Kier molecular flexibility index (Phi) is 3.93. The molecule has 0 aromatic rings. The molecule has 0 amide bonds. The van der Waals surface area contributed by atoms with E-state index in [0.717, 1.165) is 0 Å². The number of hydrogen-bond donors (Lipinski definition) is 1. The predicted octanol–water partition coefficient (Wildman–Crippen LogP) is -0.410. The fourth-order valence-electron chi connectivity index (χ4n) is 0.289. The summed E-state index contributed by atoms with van der Waals surface area (Å²) < 4.78 is 0. The van der Waals surface area contributed by atoms with Gasteiger partial charge in [-0.3, -0.25) is 0 Å². The summed E-state index contributed by atoms with van der Waals surface area (Å²) in [7, 11) is 2.09. The van der Waals surface area contributed by atoms with Crippen molar-refractivity contribution in [3.05, 3.63) is 0 Å². The van der Waals surface area contributed by atoms with Crippen LogP contribution in [0.3, 0.4) is 0 Å². The van der Waals surface area contributed by atoms with E-state index in [1.165, 1.54) is 13.0 Å². The van der Waals surface area contributed by atoms with E-state index in [2.05, 4.69) is 19.3 Å². The molecule has 0 heterocycles. The molecule has 0 saturated carbocycles. The zero-order chi connectivity index (χ0) is 4.12. The average molecular weight is 74.1 g/mol. The van der Waals surface area contributed by atoms with Gasteiger partial charge in [0.15, 0.2) is 0 Å². The van der Waals surface area contributed by atoms with Crippen molar-refractivity contribution in [1.82, 2.24) is 0 Å². The van der Waals surface area contributed by atoms with Gasteiger partial charge >= 0.3 is 0 Å². The molecule has 0 atom stereocenters. The van der Waals surface area contributed by atoms with Crippen LogP contribution >= 0.6 is 0 Å². The van der Waals surface area contributed by atoms with E-state index in [1.807, 2.05) is 0 Å². The zero-order valence-electron chi connectivity index (χ0n) is 3.99. The molecular weight excluding hydrogens is 62.1 g/mol. The van der Waals surface area contributed by atoms with Crippen LogP contribution in [0, 0.1) is 0 Å². The van der Waals surface area contributed by atoms with E-state index in [1.54, 1.807) is 0 Å². The van der Waals surface area contributed by atoms with Crippen molar-refractivity contribution in [2.45, 2.75) is 13.3 Å². The topological polar surface area (TPSA) is 16.6 Å². The number of quaternary nitrogens is 1. The molecule has 0 fully saturated rings. The maximum Gasteiger partial charge on any atom is 0.0750 e. The molecule has 0 spiro atoms. The van der Waals surface area contributed by atoms with Gasteiger partial charge in [-0.1, -0.05) is 6.92 Å². The Morgan fingerprint density at radius 2 is 2.20 bits per heavy atom. The molecule has 1 heteroatoms. The van der Waals surface area contributed by atoms with Crippen molar-refractivity contribution in [1.29, 1.82) is 0 Å². The highest BCUT2D eigenvalue weighted by molar-refractivity contribution is 4.09. The van der Waals surface area contributed by atoms with Crippen LogP contribution < -0.4 is 5.32 Å². The van der Waals surface area contributed by atoms with Crippen molar-refractivity contribution in [3.63, 3.8) is 0 Å². The molecular formula is C4H12N+. The van der Waals surface area contributed by atoms with Crippen LogP contribution in [-0.4, -0.2) is 13.6 Å². The summed E-state index contributed by atoms with van der Waals surface area (Å²) >= 11 is 0. The number of rotatable bonds is 2. The summed E-state index contributed by atoms with van der Waals surface area (Å²) in [6.45, 7) is 3.44. The lowest BCUT2D eigenvalue weighted by atomic mass is 10.5. The van der Waals surface area contributed by atoms with Gasteiger partial charge in [-0.15, -0.1) is 0 Å².